The SMILES string of the molecule is CC(=O)O[C@H]1C(=O)C=C(C)[C@@]23C[C@@H](CC(=O)[C@]12C)C(C)(C)O3. The van der Waals surface area contributed by atoms with Crippen LogP contribution in [0.25, 0.3) is 0 Å². The molecule has 4 atom stereocenters. The van der Waals surface area contributed by atoms with Crippen LogP contribution in [-0.2, 0) is 23.9 Å². The molecule has 0 aromatic heterocycles. The van der Waals surface area contributed by atoms with Crippen LogP contribution in [0.5, 0.6) is 0 Å². The minimum absolute atomic E-state index is 0.0543. The number of carbonyl (C=O) groups excluding carboxylic acids is 3. The largest absolute Gasteiger partial charge is 0.453 e. The highest BCUT2D eigenvalue weighted by Crippen LogP contribution is 2.63. The Morgan fingerprint density at radius 1 is 1.32 bits per heavy atom. The van der Waals surface area contributed by atoms with Gasteiger partial charge < -0.3 is 9.47 Å². The van der Waals surface area contributed by atoms with Crippen molar-refractivity contribution in [1.82, 2.24) is 0 Å². The van der Waals surface area contributed by atoms with E-state index in [0.29, 0.717) is 12.8 Å². The van der Waals surface area contributed by atoms with Gasteiger partial charge in [-0.3, -0.25) is 14.4 Å². The summed E-state index contributed by atoms with van der Waals surface area (Å²) in [5.74, 6) is -0.834. The molecule has 1 spiro atoms. The molecule has 3 rings (SSSR count). The van der Waals surface area contributed by atoms with Gasteiger partial charge in [0.1, 0.15) is 16.8 Å². The van der Waals surface area contributed by atoms with E-state index >= 15 is 0 Å². The fourth-order valence-corrected chi connectivity index (χ4v) is 4.50. The normalized spacial score (nSPS) is 42.7. The van der Waals surface area contributed by atoms with Gasteiger partial charge in [-0.05, 0) is 51.7 Å². The molecule has 0 unspecified atom stereocenters. The summed E-state index contributed by atoms with van der Waals surface area (Å²) in [6.45, 7) is 8.77. The average molecular weight is 306 g/mol. The number of ether oxygens (including phenoxy) is 2. The number of Topliss-reactive ketones (excluding diaryl/α,β-unsaturated/α-hetero) is 1. The molecule has 5 nitrogen and oxygen atoms in total. The minimum atomic E-state index is -1.15. The summed E-state index contributed by atoms with van der Waals surface area (Å²) >= 11 is 0. The zero-order valence-corrected chi connectivity index (χ0v) is 13.7. The Hall–Kier alpha value is -1.49. The van der Waals surface area contributed by atoms with E-state index in [1.54, 1.807) is 6.92 Å². The summed E-state index contributed by atoms with van der Waals surface area (Å²) in [6.07, 6.45) is 1.40. The van der Waals surface area contributed by atoms with E-state index in [4.69, 9.17) is 9.47 Å². The predicted molar refractivity (Wildman–Crippen MR) is 78.1 cm³/mol. The van der Waals surface area contributed by atoms with Gasteiger partial charge in [0.25, 0.3) is 0 Å². The van der Waals surface area contributed by atoms with E-state index in [2.05, 4.69) is 0 Å². The first kappa shape index (κ1) is 15.4. The van der Waals surface area contributed by atoms with Crippen molar-refractivity contribution in [2.45, 2.75) is 64.8 Å². The first-order valence-electron chi connectivity index (χ1n) is 7.68. The van der Waals surface area contributed by atoms with Crippen molar-refractivity contribution < 1.29 is 23.9 Å². The van der Waals surface area contributed by atoms with Crippen molar-refractivity contribution >= 4 is 17.5 Å². The summed E-state index contributed by atoms with van der Waals surface area (Å²) in [6, 6.07) is 0. The fourth-order valence-electron chi connectivity index (χ4n) is 4.50. The van der Waals surface area contributed by atoms with E-state index in [1.807, 2.05) is 20.8 Å². The van der Waals surface area contributed by atoms with Crippen LogP contribution in [0.1, 0.15) is 47.5 Å². The third-order valence-electron chi connectivity index (χ3n) is 5.87. The number of carbonyl (C=O) groups is 3. The van der Waals surface area contributed by atoms with Crippen LogP contribution in [0.4, 0.5) is 0 Å². The zero-order chi connectivity index (χ0) is 16.5. The second kappa shape index (κ2) is 4.28. The molecule has 3 aliphatic rings. The van der Waals surface area contributed by atoms with Crippen molar-refractivity contribution in [3.8, 4) is 0 Å². The van der Waals surface area contributed by atoms with Crippen LogP contribution < -0.4 is 0 Å². The maximum Gasteiger partial charge on any atom is 0.303 e. The van der Waals surface area contributed by atoms with Crippen LogP contribution in [0.2, 0.25) is 0 Å². The van der Waals surface area contributed by atoms with Gasteiger partial charge in [-0.15, -0.1) is 0 Å². The molecule has 5 heteroatoms. The Morgan fingerprint density at radius 3 is 2.55 bits per heavy atom. The average Bonchev–Trinajstić information content (AvgIpc) is 2.62. The van der Waals surface area contributed by atoms with Gasteiger partial charge in [0.15, 0.2) is 11.9 Å². The summed E-state index contributed by atoms with van der Waals surface area (Å²) in [5.41, 5.74) is -1.69. The van der Waals surface area contributed by atoms with Gasteiger partial charge in [-0.25, -0.2) is 0 Å². The highest BCUT2D eigenvalue weighted by Gasteiger charge is 2.72. The molecule has 1 saturated heterocycles. The maximum absolute atomic E-state index is 12.9. The van der Waals surface area contributed by atoms with Crippen molar-refractivity contribution in [2.24, 2.45) is 11.3 Å². The Bertz CT molecular complexity index is 617. The van der Waals surface area contributed by atoms with E-state index in [0.717, 1.165) is 5.57 Å². The molecule has 0 N–H and O–H groups in total. The van der Waals surface area contributed by atoms with Crippen molar-refractivity contribution in [3.05, 3.63) is 11.6 Å². The maximum atomic E-state index is 12.9. The van der Waals surface area contributed by atoms with Crippen LogP contribution in [0.15, 0.2) is 11.6 Å². The van der Waals surface area contributed by atoms with Gasteiger partial charge in [0, 0.05) is 13.3 Å². The van der Waals surface area contributed by atoms with Crippen molar-refractivity contribution in [1.29, 1.82) is 0 Å². The molecule has 0 aromatic carbocycles. The van der Waals surface area contributed by atoms with Crippen molar-refractivity contribution in [3.63, 3.8) is 0 Å². The molecule has 120 valence electrons. The number of esters is 1. The summed E-state index contributed by atoms with van der Waals surface area (Å²) < 4.78 is 11.7. The number of fused-ring (bicyclic) bond motifs is 1. The van der Waals surface area contributed by atoms with Gasteiger partial charge in [0.2, 0.25) is 0 Å². The van der Waals surface area contributed by atoms with Crippen LogP contribution in [0, 0.1) is 11.3 Å². The first-order valence-corrected chi connectivity index (χ1v) is 7.68. The molecule has 0 radical (unpaired) electrons. The van der Waals surface area contributed by atoms with Gasteiger partial charge in [-0.1, -0.05) is 0 Å². The Kier molecular flexibility index (Phi) is 3.00. The molecular weight excluding hydrogens is 284 g/mol. The van der Waals surface area contributed by atoms with Gasteiger partial charge in [-0.2, -0.15) is 0 Å². The van der Waals surface area contributed by atoms with Crippen LogP contribution in [0.3, 0.4) is 0 Å². The molecule has 2 fully saturated rings. The fraction of sp³-hybridized carbons (Fsp3) is 0.706. The number of hydrogen-bond acceptors (Lipinski definition) is 5. The van der Waals surface area contributed by atoms with E-state index in [9.17, 15) is 14.4 Å². The highest BCUT2D eigenvalue weighted by atomic mass is 16.6. The molecule has 22 heavy (non-hydrogen) atoms. The smallest absolute Gasteiger partial charge is 0.303 e. The summed E-state index contributed by atoms with van der Waals surface area (Å²) in [4.78, 5) is 36.8. The molecule has 0 amide bonds. The first-order chi connectivity index (χ1) is 10.0. The Labute approximate surface area is 130 Å². The second-order valence-electron chi connectivity index (χ2n) is 7.48. The molecular formula is C17H22O5. The molecule has 1 aliphatic heterocycles. The lowest BCUT2D eigenvalue weighted by atomic mass is 9.53. The lowest BCUT2D eigenvalue weighted by Gasteiger charge is -2.52. The van der Waals surface area contributed by atoms with Crippen LogP contribution >= 0.6 is 0 Å². The summed E-state index contributed by atoms with van der Waals surface area (Å²) in [5, 5.41) is 0. The van der Waals surface area contributed by atoms with E-state index in [1.165, 1.54) is 13.0 Å². The topological polar surface area (TPSA) is 69.7 Å². The minimum Gasteiger partial charge on any atom is -0.453 e. The zero-order valence-electron chi connectivity index (χ0n) is 13.7. The lowest BCUT2D eigenvalue weighted by Crippen LogP contribution is -2.65. The summed E-state index contributed by atoms with van der Waals surface area (Å²) in [7, 11) is 0. The number of rotatable bonds is 1. The van der Waals surface area contributed by atoms with Gasteiger partial charge >= 0.3 is 5.97 Å². The molecule has 1 heterocycles. The number of ketones is 2. The monoisotopic (exact) mass is 306 g/mol. The molecule has 0 aromatic rings. The Morgan fingerprint density at radius 2 is 1.95 bits per heavy atom. The standard InChI is InChI=1S/C17H22O5/c1-9-6-12(19)14(21-10(2)18)16(5)13(20)7-11-8-17(9,16)22-15(11,3)4/h6,11,14H,7-8H2,1-5H3/t11-,14+,16-,17+/m1/s1. The highest BCUT2D eigenvalue weighted by molar-refractivity contribution is 6.04. The number of hydrogen-bond donors (Lipinski definition) is 0. The third kappa shape index (κ3) is 1.66. The molecule has 1 saturated carbocycles. The third-order valence-corrected chi connectivity index (χ3v) is 5.87. The molecule has 2 aliphatic carbocycles. The molecule has 2 bridgehead atoms. The quantitative estimate of drug-likeness (QED) is 0.693. The van der Waals surface area contributed by atoms with Crippen molar-refractivity contribution in [2.75, 3.05) is 0 Å². The van der Waals surface area contributed by atoms with Gasteiger partial charge in [0.05, 0.1) is 5.60 Å². The predicted octanol–water partition coefficient (Wildman–Crippen LogP) is 1.98. The second-order valence-corrected chi connectivity index (χ2v) is 7.48. The van der Waals surface area contributed by atoms with E-state index in [-0.39, 0.29) is 17.5 Å². The Balaban J connectivity index is 2.21. The van der Waals surface area contributed by atoms with Crippen LogP contribution in [-0.4, -0.2) is 34.8 Å². The lowest BCUT2D eigenvalue weighted by molar-refractivity contribution is -0.191. The van der Waals surface area contributed by atoms with E-state index < -0.39 is 28.7 Å².